The highest BCUT2D eigenvalue weighted by atomic mass is 32.1. The first kappa shape index (κ1) is 18.9. The van der Waals surface area contributed by atoms with E-state index in [1.54, 1.807) is 11.0 Å². The third-order valence-corrected chi connectivity index (χ3v) is 5.15. The molecule has 2 atom stereocenters. The number of benzene rings is 1. The minimum Gasteiger partial charge on any atom is -0.387 e. The van der Waals surface area contributed by atoms with E-state index in [9.17, 15) is 5.11 Å². The van der Waals surface area contributed by atoms with Gasteiger partial charge in [0.1, 0.15) is 6.33 Å². The first-order valence-corrected chi connectivity index (χ1v) is 8.90. The molecule has 24 heavy (non-hydrogen) atoms. The summed E-state index contributed by atoms with van der Waals surface area (Å²) < 4.78 is 2.22. The summed E-state index contributed by atoms with van der Waals surface area (Å²) in [4.78, 5) is 2.90. The van der Waals surface area contributed by atoms with Crippen LogP contribution in [0.1, 0.15) is 45.2 Å². The SMILES string of the molecule is Cc1ccc(CC(C)CC(O)(Cn2nc[nH]c2=S)C(C)(C)C)cc1. The number of hydrogen-bond donors (Lipinski definition) is 2. The Kier molecular flexibility index (Phi) is 5.66. The number of aliphatic hydroxyl groups is 1. The van der Waals surface area contributed by atoms with Crippen molar-refractivity contribution in [2.75, 3.05) is 0 Å². The molecule has 0 fully saturated rings. The summed E-state index contributed by atoms with van der Waals surface area (Å²) in [6.45, 7) is 10.9. The summed E-state index contributed by atoms with van der Waals surface area (Å²) >= 11 is 5.24. The zero-order chi connectivity index (χ0) is 18.0. The first-order chi connectivity index (χ1) is 11.1. The normalized spacial score (nSPS) is 15.9. The molecule has 0 aliphatic heterocycles. The molecule has 0 saturated carbocycles. The van der Waals surface area contributed by atoms with E-state index in [4.69, 9.17) is 12.2 Å². The minimum atomic E-state index is -0.884. The van der Waals surface area contributed by atoms with Gasteiger partial charge in [-0.05, 0) is 48.9 Å². The third kappa shape index (κ3) is 4.54. The fourth-order valence-corrected chi connectivity index (χ4v) is 3.19. The maximum Gasteiger partial charge on any atom is 0.195 e. The van der Waals surface area contributed by atoms with Gasteiger partial charge in [0, 0.05) is 0 Å². The first-order valence-electron chi connectivity index (χ1n) is 8.49. The number of aryl methyl sites for hydroxylation is 1. The van der Waals surface area contributed by atoms with Gasteiger partial charge in [-0.3, -0.25) is 0 Å². The number of nitrogens with one attached hydrogen (secondary N) is 1. The molecule has 0 aliphatic rings. The van der Waals surface area contributed by atoms with Crippen LogP contribution in [-0.4, -0.2) is 25.5 Å². The monoisotopic (exact) mass is 347 g/mol. The van der Waals surface area contributed by atoms with Crippen LogP contribution in [0.4, 0.5) is 0 Å². The van der Waals surface area contributed by atoms with E-state index >= 15 is 0 Å². The number of aromatic amines is 1. The molecule has 5 heteroatoms. The number of hydrogen-bond acceptors (Lipinski definition) is 3. The summed E-state index contributed by atoms with van der Waals surface area (Å²) in [5, 5.41) is 15.6. The van der Waals surface area contributed by atoms with Crippen LogP contribution >= 0.6 is 12.2 Å². The van der Waals surface area contributed by atoms with Crippen molar-refractivity contribution in [1.82, 2.24) is 14.8 Å². The van der Waals surface area contributed by atoms with Crippen LogP contribution in [0.2, 0.25) is 0 Å². The predicted molar refractivity (Wildman–Crippen MR) is 100 cm³/mol. The Bertz CT molecular complexity index is 711. The van der Waals surface area contributed by atoms with Gasteiger partial charge in [0.05, 0.1) is 12.1 Å². The van der Waals surface area contributed by atoms with Gasteiger partial charge in [0.15, 0.2) is 4.77 Å². The molecule has 132 valence electrons. The van der Waals surface area contributed by atoms with E-state index in [2.05, 4.69) is 69.0 Å². The Labute approximate surface area is 149 Å². The lowest BCUT2D eigenvalue weighted by Gasteiger charge is -2.42. The lowest BCUT2D eigenvalue weighted by molar-refractivity contribution is -0.0893. The van der Waals surface area contributed by atoms with Gasteiger partial charge in [-0.2, -0.15) is 5.10 Å². The largest absolute Gasteiger partial charge is 0.387 e. The fourth-order valence-electron chi connectivity index (χ4n) is 3.02. The lowest BCUT2D eigenvalue weighted by atomic mass is 9.71. The molecule has 2 N–H and O–H groups in total. The number of aromatic nitrogens is 3. The molecule has 2 rings (SSSR count). The number of rotatable bonds is 6. The quantitative estimate of drug-likeness (QED) is 0.766. The molecule has 1 heterocycles. The summed E-state index contributed by atoms with van der Waals surface area (Å²) in [6.07, 6.45) is 3.21. The summed E-state index contributed by atoms with van der Waals surface area (Å²) in [5.74, 6) is 0.352. The molecule has 0 aliphatic carbocycles. The Hall–Kier alpha value is -1.46. The highest BCUT2D eigenvalue weighted by Crippen LogP contribution is 2.37. The molecule has 0 amide bonds. The molecule has 4 nitrogen and oxygen atoms in total. The molecule has 0 saturated heterocycles. The van der Waals surface area contributed by atoms with Crippen molar-refractivity contribution in [3.8, 4) is 0 Å². The second kappa shape index (κ2) is 7.19. The second-order valence-corrected chi connectivity index (χ2v) is 8.42. The topological polar surface area (TPSA) is 53.8 Å². The zero-order valence-electron chi connectivity index (χ0n) is 15.3. The van der Waals surface area contributed by atoms with Crippen LogP contribution in [-0.2, 0) is 13.0 Å². The van der Waals surface area contributed by atoms with Crippen LogP contribution in [0.25, 0.3) is 0 Å². The minimum absolute atomic E-state index is 0.276. The summed E-state index contributed by atoms with van der Waals surface area (Å²) in [7, 11) is 0. The van der Waals surface area contributed by atoms with Crippen molar-refractivity contribution < 1.29 is 5.11 Å². The van der Waals surface area contributed by atoms with Crippen molar-refractivity contribution in [3.63, 3.8) is 0 Å². The Morgan fingerprint density at radius 2 is 1.88 bits per heavy atom. The number of H-pyrrole nitrogens is 1. The van der Waals surface area contributed by atoms with Crippen molar-refractivity contribution >= 4 is 12.2 Å². The molecular weight excluding hydrogens is 318 g/mol. The molecule has 0 radical (unpaired) electrons. The van der Waals surface area contributed by atoms with Gasteiger partial charge in [-0.15, -0.1) is 0 Å². The smallest absolute Gasteiger partial charge is 0.195 e. The van der Waals surface area contributed by atoms with Gasteiger partial charge >= 0.3 is 0 Å². The maximum atomic E-state index is 11.4. The van der Waals surface area contributed by atoms with Gasteiger partial charge < -0.3 is 10.1 Å². The third-order valence-electron chi connectivity index (χ3n) is 4.82. The molecule has 1 aromatic carbocycles. The summed E-state index contributed by atoms with van der Waals surface area (Å²) in [6, 6.07) is 8.62. The Morgan fingerprint density at radius 3 is 2.38 bits per heavy atom. The predicted octanol–water partition coefficient (Wildman–Crippen LogP) is 4.30. The van der Waals surface area contributed by atoms with Crippen molar-refractivity contribution in [2.45, 2.75) is 59.6 Å². The number of nitrogens with zero attached hydrogens (tertiary/aromatic N) is 2. The van der Waals surface area contributed by atoms with Gasteiger partial charge in [0.2, 0.25) is 0 Å². The van der Waals surface area contributed by atoms with Crippen molar-refractivity contribution in [2.24, 2.45) is 11.3 Å². The average Bonchev–Trinajstić information content (AvgIpc) is 2.85. The molecule has 1 aromatic heterocycles. The van der Waals surface area contributed by atoms with E-state index < -0.39 is 5.60 Å². The molecule has 2 aromatic rings. The summed E-state index contributed by atoms with van der Waals surface area (Å²) in [5.41, 5.74) is 1.42. The van der Waals surface area contributed by atoms with Crippen molar-refractivity contribution in [1.29, 1.82) is 0 Å². The molecule has 2 unspecified atom stereocenters. The molecule has 0 spiro atoms. The highest BCUT2D eigenvalue weighted by molar-refractivity contribution is 7.71. The van der Waals surface area contributed by atoms with Crippen LogP contribution < -0.4 is 0 Å². The molecule has 0 bridgehead atoms. The standard InChI is InChI=1S/C19H29N3OS/c1-14-6-8-16(9-7-14)10-15(2)11-19(23,18(3,4)5)12-22-17(24)20-13-21-22/h6-9,13,15,23H,10-12H2,1-5H3,(H,20,21,24). The highest BCUT2D eigenvalue weighted by Gasteiger charge is 2.41. The van der Waals surface area contributed by atoms with E-state index in [1.165, 1.54) is 11.1 Å². The second-order valence-electron chi connectivity index (χ2n) is 8.03. The van der Waals surface area contributed by atoms with E-state index in [0.717, 1.165) is 6.42 Å². The van der Waals surface area contributed by atoms with Gasteiger partial charge in [-0.1, -0.05) is 57.5 Å². The Balaban J connectivity index is 2.14. The van der Waals surface area contributed by atoms with Crippen LogP contribution in [0.15, 0.2) is 30.6 Å². The zero-order valence-corrected chi connectivity index (χ0v) is 16.2. The van der Waals surface area contributed by atoms with E-state index in [1.807, 2.05) is 0 Å². The lowest BCUT2D eigenvalue weighted by Crippen LogP contribution is -2.48. The van der Waals surface area contributed by atoms with Crippen LogP contribution in [0, 0.1) is 23.0 Å². The maximum absolute atomic E-state index is 11.4. The average molecular weight is 348 g/mol. The van der Waals surface area contributed by atoms with E-state index in [-0.39, 0.29) is 5.41 Å². The van der Waals surface area contributed by atoms with Crippen LogP contribution in [0.3, 0.4) is 0 Å². The van der Waals surface area contributed by atoms with Gasteiger partial charge in [0.25, 0.3) is 0 Å². The fraction of sp³-hybridized carbons (Fsp3) is 0.579. The van der Waals surface area contributed by atoms with Crippen molar-refractivity contribution in [3.05, 3.63) is 46.5 Å². The van der Waals surface area contributed by atoms with Gasteiger partial charge in [-0.25, -0.2) is 4.68 Å². The molecular formula is C19H29N3OS. The van der Waals surface area contributed by atoms with E-state index in [0.29, 0.717) is 23.7 Å². The Morgan fingerprint density at radius 1 is 1.25 bits per heavy atom. The van der Waals surface area contributed by atoms with Crippen LogP contribution in [0.5, 0.6) is 0 Å².